The molecule has 2 aromatic rings. The molecule has 0 bridgehead atoms. The third-order valence-corrected chi connectivity index (χ3v) is 5.01. The number of thiophene rings is 2. The van der Waals surface area contributed by atoms with Crippen LogP contribution in [-0.2, 0) is 16.1 Å². The second kappa shape index (κ2) is 8.07. The van der Waals surface area contributed by atoms with E-state index in [1.165, 1.54) is 0 Å². The van der Waals surface area contributed by atoms with Crippen LogP contribution in [0.3, 0.4) is 0 Å². The van der Waals surface area contributed by atoms with Crippen LogP contribution >= 0.6 is 22.7 Å². The van der Waals surface area contributed by atoms with Crippen molar-refractivity contribution in [2.75, 3.05) is 20.6 Å². The number of amides is 2. The van der Waals surface area contributed by atoms with E-state index >= 15 is 0 Å². The fourth-order valence-corrected chi connectivity index (χ4v) is 3.52. The average Bonchev–Trinajstić information content (AvgIpc) is 3.17. The van der Waals surface area contributed by atoms with Gasteiger partial charge >= 0.3 is 11.8 Å². The van der Waals surface area contributed by atoms with E-state index in [-0.39, 0.29) is 6.04 Å². The molecule has 0 fully saturated rings. The van der Waals surface area contributed by atoms with Gasteiger partial charge in [0.1, 0.15) is 0 Å². The lowest BCUT2D eigenvalue weighted by Gasteiger charge is -2.23. The van der Waals surface area contributed by atoms with Crippen LogP contribution in [0.25, 0.3) is 0 Å². The van der Waals surface area contributed by atoms with Crippen molar-refractivity contribution in [1.29, 1.82) is 0 Å². The second-order valence-electron chi connectivity index (χ2n) is 4.97. The highest BCUT2D eigenvalue weighted by Gasteiger charge is 2.19. The maximum absolute atomic E-state index is 11.9. The van der Waals surface area contributed by atoms with E-state index < -0.39 is 11.8 Å². The molecule has 2 amide bonds. The Hall–Kier alpha value is -1.70. The van der Waals surface area contributed by atoms with Gasteiger partial charge in [0.25, 0.3) is 0 Å². The van der Waals surface area contributed by atoms with E-state index in [0.29, 0.717) is 13.1 Å². The predicted octanol–water partition coefficient (Wildman–Crippen LogP) is 1.84. The van der Waals surface area contributed by atoms with Gasteiger partial charge in [-0.1, -0.05) is 12.1 Å². The van der Waals surface area contributed by atoms with Gasteiger partial charge in [0.2, 0.25) is 0 Å². The molecule has 2 rings (SSSR count). The summed E-state index contributed by atoms with van der Waals surface area (Å²) in [6.45, 7) is 0.782. The van der Waals surface area contributed by atoms with Crippen LogP contribution < -0.4 is 10.6 Å². The van der Waals surface area contributed by atoms with E-state index in [1.807, 2.05) is 54.0 Å². The first-order valence-electron chi connectivity index (χ1n) is 6.86. The van der Waals surface area contributed by atoms with Crippen molar-refractivity contribution in [2.45, 2.75) is 12.6 Å². The fraction of sp³-hybridized carbons (Fsp3) is 0.333. The van der Waals surface area contributed by atoms with E-state index in [1.54, 1.807) is 22.7 Å². The van der Waals surface area contributed by atoms with Crippen LogP contribution in [0.2, 0.25) is 0 Å². The Balaban J connectivity index is 1.81. The molecule has 22 heavy (non-hydrogen) atoms. The molecular weight excluding hydrogens is 318 g/mol. The molecule has 0 saturated carbocycles. The zero-order valence-electron chi connectivity index (χ0n) is 12.5. The third-order valence-electron chi connectivity index (χ3n) is 3.16. The standard InChI is InChI=1S/C15H19N3O2S2/c1-18(2)12(13-6-4-8-22-13)10-17-15(20)14(19)16-9-11-5-3-7-21-11/h3-8,12H,9-10H2,1-2H3,(H,16,19)(H,17,20)/t12-/m1/s1. The topological polar surface area (TPSA) is 61.4 Å². The number of nitrogens with zero attached hydrogens (tertiary/aromatic N) is 1. The van der Waals surface area contributed by atoms with Crippen molar-refractivity contribution in [3.05, 3.63) is 44.8 Å². The number of carbonyl (C=O) groups excluding carboxylic acids is 2. The first-order valence-corrected chi connectivity index (χ1v) is 8.62. The lowest BCUT2D eigenvalue weighted by Crippen LogP contribution is -2.42. The van der Waals surface area contributed by atoms with Crippen LogP contribution in [-0.4, -0.2) is 37.4 Å². The first kappa shape index (κ1) is 16.7. The molecule has 0 radical (unpaired) electrons. The summed E-state index contributed by atoms with van der Waals surface area (Å²) < 4.78 is 0. The van der Waals surface area contributed by atoms with E-state index in [4.69, 9.17) is 0 Å². The Morgan fingerprint density at radius 3 is 2.36 bits per heavy atom. The van der Waals surface area contributed by atoms with Crippen LogP contribution in [0.1, 0.15) is 15.8 Å². The SMILES string of the molecule is CN(C)[C@H](CNC(=O)C(=O)NCc1cccs1)c1cccs1. The summed E-state index contributed by atoms with van der Waals surface area (Å²) in [6, 6.07) is 7.90. The molecule has 0 aromatic carbocycles. The molecule has 0 saturated heterocycles. The monoisotopic (exact) mass is 337 g/mol. The van der Waals surface area contributed by atoms with Crippen molar-refractivity contribution in [3.8, 4) is 0 Å². The molecule has 0 aliphatic rings. The maximum atomic E-state index is 11.9. The van der Waals surface area contributed by atoms with Gasteiger partial charge in [-0.3, -0.25) is 9.59 Å². The van der Waals surface area contributed by atoms with Crippen LogP contribution in [0, 0.1) is 0 Å². The van der Waals surface area contributed by atoms with Crippen molar-refractivity contribution >= 4 is 34.5 Å². The Labute approximate surface area is 138 Å². The van der Waals surface area contributed by atoms with Crippen LogP contribution in [0.4, 0.5) is 0 Å². The Morgan fingerprint density at radius 2 is 1.77 bits per heavy atom. The molecule has 2 N–H and O–H groups in total. The molecular formula is C15H19N3O2S2. The number of hydrogen-bond donors (Lipinski definition) is 2. The zero-order valence-corrected chi connectivity index (χ0v) is 14.2. The van der Waals surface area contributed by atoms with Gasteiger partial charge in [-0.15, -0.1) is 22.7 Å². The smallest absolute Gasteiger partial charge is 0.309 e. The lowest BCUT2D eigenvalue weighted by atomic mass is 10.2. The molecule has 0 aliphatic heterocycles. The zero-order chi connectivity index (χ0) is 15.9. The minimum Gasteiger partial charge on any atom is -0.346 e. The van der Waals surface area contributed by atoms with Crippen LogP contribution in [0.15, 0.2) is 35.0 Å². The van der Waals surface area contributed by atoms with E-state index in [9.17, 15) is 9.59 Å². The van der Waals surface area contributed by atoms with Gasteiger partial charge in [-0.05, 0) is 37.0 Å². The summed E-state index contributed by atoms with van der Waals surface area (Å²) in [4.78, 5) is 27.8. The van der Waals surface area contributed by atoms with Gasteiger partial charge in [0, 0.05) is 16.3 Å². The van der Waals surface area contributed by atoms with Crippen molar-refractivity contribution in [2.24, 2.45) is 0 Å². The van der Waals surface area contributed by atoms with Gasteiger partial charge in [-0.2, -0.15) is 0 Å². The van der Waals surface area contributed by atoms with Gasteiger partial charge in [0.05, 0.1) is 12.6 Å². The predicted molar refractivity (Wildman–Crippen MR) is 89.9 cm³/mol. The largest absolute Gasteiger partial charge is 0.346 e. The molecule has 0 spiro atoms. The molecule has 1 atom stereocenters. The number of carbonyl (C=O) groups is 2. The normalized spacial score (nSPS) is 12.1. The highest BCUT2D eigenvalue weighted by Crippen LogP contribution is 2.22. The molecule has 2 heterocycles. The van der Waals surface area contributed by atoms with Gasteiger partial charge < -0.3 is 15.5 Å². The first-order chi connectivity index (χ1) is 10.6. The van der Waals surface area contributed by atoms with E-state index in [2.05, 4.69) is 10.6 Å². The number of rotatable bonds is 6. The Morgan fingerprint density at radius 1 is 1.09 bits per heavy atom. The van der Waals surface area contributed by atoms with Gasteiger partial charge in [-0.25, -0.2) is 0 Å². The molecule has 0 aliphatic carbocycles. The molecule has 0 unspecified atom stereocenters. The Kier molecular flexibility index (Phi) is 6.11. The minimum atomic E-state index is -0.600. The molecule has 2 aromatic heterocycles. The van der Waals surface area contributed by atoms with Crippen molar-refractivity contribution in [3.63, 3.8) is 0 Å². The summed E-state index contributed by atoms with van der Waals surface area (Å²) in [5.41, 5.74) is 0. The lowest BCUT2D eigenvalue weighted by molar-refractivity contribution is -0.139. The summed E-state index contributed by atoms with van der Waals surface area (Å²) in [5, 5.41) is 9.26. The third kappa shape index (κ3) is 4.66. The van der Waals surface area contributed by atoms with Crippen molar-refractivity contribution in [1.82, 2.24) is 15.5 Å². The summed E-state index contributed by atoms with van der Waals surface area (Å²) in [6.07, 6.45) is 0. The Bertz CT molecular complexity index is 594. The fourth-order valence-electron chi connectivity index (χ4n) is 1.95. The van der Waals surface area contributed by atoms with E-state index in [0.717, 1.165) is 9.75 Å². The highest BCUT2D eigenvalue weighted by atomic mass is 32.1. The maximum Gasteiger partial charge on any atom is 0.309 e. The number of nitrogens with one attached hydrogen (secondary N) is 2. The number of likely N-dealkylation sites (N-methyl/N-ethyl adjacent to an activating group) is 1. The number of hydrogen-bond acceptors (Lipinski definition) is 5. The van der Waals surface area contributed by atoms with Crippen molar-refractivity contribution < 1.29 is 9.59 Å². The molecule has 118 valence electrons. The second-order valence-corrected chi connectivity index (χ2v) is 6.98. The molecule has 5 nitrogen and oxygen atoms in total. The van der Waals surface area contributed by atoms with Gasteiger partial charge in [0.15, 0.2) is 0 Å². The molecule has 7 heteroatoms. The minimum absolute atomic E-state index is 0.0639. The quantitative estimate of drug-likeness (QED) is 0.791. The highest BCUT2D eigenvalue weighted by molar-refractivity contribution is 7.10. The van der Waals surface area contributed by atoms with Crippen LogP contribution in [0.5, 0.6) is 0 Å². The average molecular weight is 337 g/mol. The summed E-state index contributed by atoms with van der Waals surface area (Å²) in [7, 11) is 3.90. The summed E-state index contributed by atoms with van der Waals surface area (Å²) >= 11 is 3.18. The summed E-state index contributed by atoms with van der Waals surface area (Å²) in [5.74, 6) is -1.20.